The van der Waals surface area contributed by atoms with Crippen molar-refractivity contribution in [3.63, 3.8) is 0 Å². The van der Waals surface area contributed by atoms with Gasteiger partial charge in [0.15, 0.2) is 0 Å². The third kappa shape index (κ3) is 3.37. The summed E-state index contributed by atoms with van der Waals surface area (Å²) in [6.45, 7) is 0. The molecule has 0 saturated heterocycles. The smallest absolute Gasteiger partial charge is 0.0619 e. The minimum Gasteiger partial charge on any atom is -0.309 e. The topological polar surface area (TPSA) is 4.93 Å². The van der Waals surface area contributed by atoms with Crippen molar-refractivity contribution in [3.05, 3.63) is 138 Å². The summed E-state index contributed by atoms with van der Waals surface area (Å²) in [4.78, 5) is 0. The first-order valence-corrected chi connectivity index (χ1v) is 12.9. The van der Waals surface area contributed by atoms with Crippen LogP contribution in [-0.4, -0.2) is 4.57 Å². The minimum atomic E-state index is 1.11. The SMILES string of the molecule is Brc1ccccc1-c1cccc(-c2ccc3c(c2)c2ccc4ccccc4c2n3-c2ccccc2)c1. The van der Waals surface area contributed by atoms with Crippen LogP contribution in [0.2, 0.25) is 0 Å². The van der Waals surface area contributed by atoms with Gasteiger partial charge in [0.1, 0.15) is 0 Å². The number of hydrogen-bond donors (Lipinski definition) is 0. The van der Waals surface area contributed by atoms with E-state index in [0.29, 0.717) is 0 Å². The van der Waals surface area contributed by atoms with Crippen LogP contribution in [0.1, 0.15) is 0 Å². The zero-order valence-electron chi connectivity index (χ0n) is 19.5. The summed E-state index contributed by atoms with van der Waals surface area (Å²) in [6, 6.07) is 48.0. The second kappa shape index (κ2) is 8.51. The first-order valence-electron chi connectivity index (χ1n) is 12.1. The van der Waals surface area contributed by atoms with Crippen molar-refractivity contribution in [3.8, 4) is 27.9 Å². The van der Waals surface area contributed by atoms with Gasteiger partial charge in [-0.15, -0.1) is 0 Å². The second-order valence-corrected chi connectivity index (χ2v) is 10.0. The summed E-state index contributed by atoms with van der Waals surface area (Å²) in [5.74, 6) is 0. The van der Waals surface area contributed by atoms with Crippen LogP contribution < -0.4 is 0 Å². The predicted molar refractivity (Wildman–Crippen MR) is 157 cm³/mol. The summed E-state index contributed by atoms with van der Waals surface area (Å²) in [6.07, 6.45) is 0. The molecule has 0 aliphatic carbocycles. The third-order valence-corrected chi connectivity index (χ3v) is 7.74. The molecule has 0 amide bonds. The second-order valence-electron chi connectivity index (χ2n) is 9.15. The number of para-hydroxylation sites is 1. The molecule has 0 aliphatic heterocycles. The number of rotatable bonds is 3. The lowest BCUT2D eigenvalue weighted by Crippen LogP contribution is -1.93. The summed E-state index contributed by atoms with van der Waals surface area (Å²) < 4.78 is 3.52. The maximum absolute atomic E-state index is 3.72. The molecule has 0 fully saturated rings. The fourth-order valence-corrected chi connectivity index (χ4v) is 5.88. The molecule has 0 bridgehead atoms. The van der Waals surface area contributed by atoms with E-state index in [9.17, 15) is 0 Å². The van der Waals surface area contributed by atoms with E-state index < -0.39 is 0 Å². The van der Waals surface area contributed by atoms with Crippen LogP contribution in [0.3, 0.4) is 0 Å². The Balaban J connectivity index is 1.50. The molecule has 1 nitrogen and oxygen atoms in total. The molecule has 0 aliphatic rings. The van der Waals surface area contributed by atoms with Gasteiger partial charge < -0.3 is 4.57 Å². The van der Waals surface area contributed by atoms with Crippen molar-refractivity contribution >= 4 is 48.5 Å². The van der Waals surface area contributed by atoms with Gasteiger partial charge in [-0.05, 0) is 64.0 Å². The average Bonchev–Trinajstić information content (AvgIpc) is 3.28. The molecular weight excluding hydrogens is 502 g/mol. The maximum atomic E-state index is 3.72. The van der Waals surface area contributed by atoms with Crippen molar-refractivity contribution in [1.29, 1.82) is 0 Å². The monoisotopic (exact) mass is 523 g/mol. The van der Waals surface area contributed by atoms with Gasteiger partial charge in [0.25, 0.3) is 0 Å². The fraction of sp³-hybridized carbons (Fsp3) is 0. The largest absolute Gasteiger partial charge is 0.309 e. The van der Waals surface area contributed by atoms with Crippen LogP contribution in [0, 0.1) is 0 Å². The van der Waals surface area contributed by atoms with E-state index in [4.69, 9.17) is 0 Å². The van der Waals surface area contributed by atoms with Crippen LogP contribution in [-0.2, 0) is 0 Å². The van der Waals surface area contributed by atoms with E-state index in [0.717, 1.165) is 4.47 Å². The van der Waals surface area contributed by atoms with E-state index in [1.54, 1.807) is 0 Å². The zero-order valence-corrected chi connectivity index (χ0v) is 21.1. The number of fused-ring (bicyclic) bond motifs is 5. The van der Waals surface area contributed by atoms with Crippen molar-refractivity contribution in [2.24, 2.45) is 0 Å². The van der Waals surface area contributed by atoms with Crippen LogP contribution in [0.4, 0.5) is 0 Å². The number of hydrogen-bond acceptors (Lipinski definition) is 0. The predicted octanol–water partition coefficient (Wildman–Crippen LogP) is 10.0. The molecule has 0 saturated carbocycles. The Labute approximate surface area is 218 Å². The Morgan fingerprint density at radius 2 is 1.22 bits per heavy atom. The van der Waals surface area contributed by atoms with E-state index >= 15 is 0 Å². The molecule has 0 unspecified atom stereocenters. The number of benzene rings is 6. The molecule has 7 aromatic rings. The van der Waals surface area contributed by atoms with Crippen LogP contribution >= 0.6 is 15.9 Å². The third-order valence-electron chi connectivity index (χ3n) is 7.05. The van der Waals surface area contributed by atoms with E-state index in [-0.39, 0.29) is 0 Å². The molecule has 0 radical (unpaired) electrons. The van der Waals surface area contributed by atoms with Gasteiger partial charge in [0.2, 0.25) is 0 Å². The van der Waals surface area contributed by atoms with Gasteiger partial charge in [0, 0.05) is 26.3 Å². The van der Waals surface area contributed by atoms with Crippen molar-refractivity contribution < 1.29 is 0 Å². The van der Waals surface area contributed by atoms with Crippen molar-refractivity contribution in [2.45, 2.75) is 0 Å². The number of aromatic nitrogens is 1. The Bertz CT molecular complexity index is 1900. The summed E-state index contributed by atoms with van der Waals surface area (Å²) in [7, 11) is 0. The molecule has 2 heteroatoms. The quantitative estimate of drug-likeness (QED) is 0.217. The van der Waals surface area contributed by atoms with Crippen LogP contribution in [0.5, 0.6) is 0 Å². The lowest BCUT2D eigenvalue weighted by atomic mass is 9.97. The van der Waals surface area contributed by atoms with Crippen molar-refractivity contribution in [1.82, 2.24) is 4.57 Å². The Hall–Kier alpha value is -4.14. The first kappa shape index (κ1) is 21.2. The lowest BCUT2D eigenvalue weighted by Gasteiger charge is -2.10. The summed E-state index contributed by atoms with van der Waals surface area (Å²) in [5.41, 5.74) is 8.50. The van der Waals surface area contributed by atoms with Gasteiger partial charge in [-0.1, -0.05) is 113 Å². The highest BCUT2D eigenvalue weighted by Gasteiger charge is 2.16. The number of halogens is 1. The summed E-state index contributed by atoms with van der Waals surface area (Å²) >= 11 is 3.72. The van der Waals surface area contributed by atoms with E-state index in [1.807, 2.05) is 0 Å². The molecule has 0 atom stereocenters. The van der Waals surface area contributed by atoms with Crippen LogP contribution in [0.15, 0.2) is 138 Å². The molecule has 6 aromatic carbocycles. The highest BCUT2D eigenvalue weighted by Crippen LogP contribution is 2.39. The minimum absolute atomic E-state index is 1.11. The Morgan fingerprint density at radius 3 is 2.11 bits per heavy atom. The van der Waals surface area contributed by atoms with E-state index in [1.165, 1.54) is 60.5 Å². The molecule has 7 rings (SSSR count). The highest BCUT2D eigenvalue weighted by molar-refractivity contribution is 9.10. The fourth-order valence-electron chi connectivity index (χ4n) is 5.37. The Morgan fingerprint density at radius 1 is 0.472 bits per heavy atom. The average molecular weight is 524 g/mol. The number of nitrogens with zero attached hydrogens (tertiary/aromatic N) is 1. The highest BCUT2D eigenvalue weighted by atomic mass is 79.9. The first-order chi connectivity index (χ1) is 17.8. The molecular formula is C34H22BrN. The molecule has 1 aromatic heterocycles. The van der Waals surface area contributed by atoms with Gasteiger partial charge in [-0.2, -0.15) is 0 Å². The maximum Gasteiger partial charge on any atom is 0.0619 e. The normalized spacial score (nSPS) is 11.5. The zero-order chi connectivity index (χ0) is 24.1. The van der Waals surface area contributed by atoms with Gasteiger partial charge in [-0.25, -0.2) is 0 Å². The lowest BCUT2D eigenvalue weighted by molar-refractivity contribution is 1.19. The van der Waals surface area contributed by atoms with Gasteiger partial charge in [0.05, 0.1) is 11.0 Å². The molecule has 36 heavy (non-hydrogen) atoms. The van der Waals surface area contributed by atoms with Gasteiger partial charge >= 0.3 is 0 Å². The van der Waals surface area contributed by atoms with Crippen LogP contribution in [0.25, 0.3) is 60.5 Å². The van der Waals surface area contributed by atoms with Gasteiger partial charge in [-0.3, -0.25) is 0 Å². The molecule has 0 spiro atoms. The Kier molecular flexibility index (Phi) is 5.00. The molecule has 1 heterocycles. The molecule has 0 N–H and O–H groups in total. The van der Waals surface area contributed by atoms with E-state index in [2.05, 4.69) is 154 Å². The molecule has 170 valence electrons. The standard InChI is InChI=1S/C34H22BrN/c35-32-16-7-6-14-28(32)26-11-8-10-24(21-26)25-18-20-33-31(22-25)30-19-17-23-9-4-5-15-29(23)34(30)36(33)27-12-2-1-3-13-27/h1-22H. The van der Waals surface area contributed by atoms with Crippen molar-refractivity contribution in [2.75, 3.05) is 0 Å². The summed E-state index contributed by atoms with van der Waals surface area (Å²) in [5, 5.41) is 5.07.